The predicted molar refractivity (Wildman–Crippen MR) is 119 cm³/mol. The van der Waals surface area contributed by atoms with Crippen molar-refractivity contribution in [2.75, 3.05) is 18.0 Å². The minimum atomic E-state index is -3.55. The average Bonchev–Trinajstić information content (AvgIpc) is 2.74. The number of hydrogen-bond donors (Lipinski definition) is 0. The minimum Gasteiger partial charge on any atom is -0.444 e. The maximum absolute atomic E-state index is 13.1. The smallest absolute Gasteiger partial charge is 0.414 e. The van der Waals surface area contributed by atoms with Gasteiger partial charge < -0.3 is 4.74 Å². The molecule has 30 heavy (non-hydrogen) atoms. The van der Waals surface area contributed by atoms with Crippen LogP contribution < -0.4 is 4.90 Å². The number of rotatable bonds is 4. The first-order valence-corrected chi connectivity index (χ1v) is 12.3. The van der Waals surface area contributed by atoms with Crippen LogP contribution in [0.15, 0.2) is 51.8 Å². The van der Waals surface area contributed by atoms with Crippen molar-refractivity contribution in [3.63, 3.8) is 0 Å². The van der Waals surface area contributed by atoms with Crippen molar-refractivity contribution in [2.24, 2.45) is 0 Å². The summed E-state index contributed by atoms with van der Waals surface area (Å²) in [6.07, 6.45) is 0.761. The molecule has 1 amide bonds. The highest BCUT2D eigenvalue weighted by Crippen LogP contribution is 2.34. The molecule has 8 heteroatoms. The number of halogens is 1. The Morgan fingerprint density at radius 3 is 2.37 bits per heavy atom. The number of nitrogens with zero attached hydrogens (tertiary/aromatic N) is 2. The minimum absolute atomic E-state index is 0.0903. The molecule has 6 nitrogen and oxygen atoms in total. The van der Waals surface area contributed by atoms with Crippen LogP contribution in [0, 0.1) is 0 Å². The molecule has 2 aliphatic rings. The largest absolute Gasteiger partial charge is 0.444 e. The van der Waals surface area contributed by atoms with E-state index >= 15 is 0 Å². The summed E-state index contributed by atoms with van der Waals surface area (Å²) in [6, 6.07) is 12.8. The predicted octanol–water partition coefficient (Wildman–Crippen LogP) is 4.88. The molecule has 0 aliphatic carbocycles. The lowest BCUT2D eigenvalue weighted by atomic mass is 10.0. The standard InChI is InChI=1S/C22H25BrN2O4S/c1-15(2)16-3-6-20(7-4-16)30(27,28)24-11-9-19(10-12-24)25-21-8-5-18(23)13-17(21)14-29-22(25)26/h3-8,13,15,19H,9-12,14H2,1-2H3. The second kappa shape index (κ2) is 8.32. The molecule has 2 aromatic rings. The summed E-state index contributed by atoms with van der Waals surface area (Å²) in [5, 5.41) is 0. The summed E-state index contributed by atoms with van der Waals surface area (Å²) < 4.78 is 33.9. The number of piperidine rings is 1. The second-order valence-electron chi connectivity index (χ2n) is 8.06. The Balaban J connectivity index is 1.49. The maximum atomic E-state index is 13.1. The summed E-state index contributed by atoms with van der Waals surface area (Å²) >= 11 is 3.45. The normalized spacial score (nSPS) is 18.4. The van der Waals surface area contributed by atoms with E-state index < -0.39 is 10.0 Å². The van der Waals surface area contributed by atoms with Crippen molar-refractivity contribution in [3.8, 4) is 0 Å². The Kier molecular flexibility index (Phi) is 5.92. The Morgan fingerprint density at radius 1 is 1.07 bits per heavy atom. The number of anilines is 1. The van der Waals surface area contributed by atoms with E-state index in [1.807, 2.05) is 30.3 Å². The van der Waals surface area contributed by atoms with Gasteiger partial charge in [0, 0.05) is 29.2 Å². The van der Waals surface area contributed by atoms with E-state index in [-0.39, 0.29) is 18.7 Å². The van der Waals surface area contributed by atoms with Gasteiger partial charge >= 0.3 is 6.09 Å². The van der Waals surface area contributed by atoms with E-state index in [2.05, 4.69) is 29.8 Å². The number of amides is 1. The van der Waals surface area contributed by atoms with E-state index in [9.17, 15) is 13.2 Å². The van der Waals surface area contributed by atoms with Crippen LogP contribution in [-0.4, -0.2) is 37.9 Å². The maximum Gasteiger partial charge on any atom is 0.414 e. The lowest BCUT2D eigenvalue weighted by Gasteiger charge is -2.39. The van der Waals surface area contributed by atoms with E-state index in [1.165, 1.54) is 4.31 Å². The molecule has 160 valence electrons. The molecule has 0 saturated carbocycles. The molecule has 0 radical (unpaired) electrons. The first-order chi connectivity index (χ1) is 14.3. The van der Waals surface area contributed by atoms with E-state index in [0.29, 0.717) is 36.7 Å². The number of hydrogen-bond acceptors (Lipinski definition) is 4. The molecule has 1 fully saturated rings. The van der Waals surface area contributed by atoms with Crippen LogP contribution in [0.25, 0.3) is 0 Å². The quantitative estimate of drug-likeness (QED) is 0.609. The lowest BCUT2D eigenvalue weighted by Crippen LogP contribution is -2.50. The van der Waals surface area contributed by atoms with Crippen LogP contribution >= 0.6 is 15.9 Å². The number of carbonyl (C=O) groups is 1. The third-order valence-corrected chi connectivity index (χ3v) is 8.23. The van der Waals surface area contributed by atoms with Gasteiger partial charge in [0.25, 0.3) is 0 Å². The second-order valence-corrected chi connectivity index (χ2v) is 10.9. The molecule has 0 spiro atoms. The topological polar surface area (TPSA) is 66.9 Å². The zero-order valence-corrected chi connectivity index (χ0v) is 19.4. The molecule has 0 unspecified atom stereocenters. The summed E-state index contributed by atoms with van der Waals surface area (Å²) in [4.78, 5) is 14.5. The van der Waals surface area contributed by atoms with Gasteiger partial charge in [-0.2, -0.15) is 4.31 Å². The van der Waals surface area contributed by atoms with Gasteiger partial charge in [-0.15, -0.1) is 0 Å². The van der Waals surface area contributed by atoms with Crippen molar-refractivity contribution < 1.29 is 17.9 Å². The van der Waals surface area contributed by atoms with Crippen molar-refractivity contribution in [1.29, 1.82) is 0 Å². The zero-order chi connectivity index (χ0) is 21.5. The number of ether oxygens (including phenoxy) is 1. The first-order valence-electron chi connectivity index (χ1n) is 10.1. The summed E-state index contributed by atoms with van der Waals surface area (Å²) in [5.74, 6) is 0.352. The third kappa shape index (κ3) is 4.00. The average molecular weight is 493 g/mol. The Morgan fingerprint density at radius 2 is 1.73 bits per heavy atom. The Labute approximate surface area is 186 Å². The highest BCUT2D eigenvalue weighted by atomic mass is 79.9. The summed E-state index contributed by atoms with van der Waals surface area (Å²) in [7, 11) is -3.55. The van der Waals surface area contributed by atoms with E-state index in [1.54, 1.807) is 17.0 Å². The van der Waals surface area contributed by atoms with Gasteiger partial charge in [-0.05, 0) is 54.7 Å². The number of sulfonamides is 1. The van der Waals surface area contributed by atoms with Crippen molar-refractivity contribution in [2.45, 2.75) is 50.2 Å². The molecule has 0 N–H and O–H groups in total. The van der Waals surface area contributed by atoms with Crippen molar-refractivity contribution >= 4 is 37.7 Å². The zero-order valence-electron chi connectivity index (χ0n) is 17.0. The van der Waals surface area contributed by atoms with Gasteiger partial charge in [0.1, 0.15) is 6.61 Å². The number of cyclic esters (lactones) is 1. The highest BCUT2D eigenvalue weighted by molar-refractivity contribution is 9.10. The van der Waals surface area contributed by atoms with Gasteiger partial charge in [0.2, 0.25) is 10.0 Å². The number of benzene rings is 2. The molecule has 0 aromatic heterocycles. The molecule has 0 atom stereocenters. The summed E-state index contributed by atoms with van der Waals surface area (Å²) in [5.41, 5.74) is 2.91. The van der Waals surface area contributed by atoms with Gasteiger partial charge in [-0.25, -0.2) is 13.2 Å². The number of carbonyl (C=O) groups excluding carboxylic acids is 1. The Hall–Kier alpha value is -1.90. The molecule has 4 rings (SSSR count). The van der Waals surface area contributed by atoms with Crippen LogP contribution in [0.5, 0.6) is 0 Å². The van der Waals surface area contributed by atoms with Gasteiger partial charge in [0.05, 0.1) is 10.6 Å². The van der Waals surface area contributed by atoms with Crippen LogP contribution in [0.4, 0.5) is 10.5 Å². The van der Waals surface area contributed by atoms with Gasteiger partial charge in [-0.1, -0.05) is 41.9 Å². The molecular formula is C22H25BrN2O4S. The van der Waals surface area contributed by atoms with Gasteiger partial charge in [-0.3, -0.25) is 4.90 Å². The Bertz CT molecular complexity index is 1050. The van der Waals surface area contributed by atoms with Crippen molar-refractivity contribution in [1.82, 2.24) is 4.31 Å². The molecule has 0 bridgehead atoms. The molecule has 1 saturated heterocycles. The first kappa shape index (κ1) is 21.3. The third-order valence-electron chi connectivity index (χ3n) is 5.82. The molecule has 2 aromatic carbocycles. The van der Waals surface area contributed by atoms with Crippen LogP contribution in [0.2, 0.25) is 0 Å². The fraction of sp³-hybridized carbons (Fsp3) is 0.409. The van der Waals surface area contributed by atoms with Crippen molar-refractivity contribution in [3.05, 3.63) is 58.1 Å². The van der Waals surface area contributed by atoms with E-state index in [0.717, 1.165) is 21.3 Å². The SMILES string of the molecule is CC(C)c1ccc(S(=O)(=O)N2CCC(N3C(=O)OCc4cc(Br)ccc43)CC2)cc1. The van der Waals surface area contributed by atoms with Crippen LogP contribution in [0.1, 0.15) is 43.7 Å². The van der Waals surface area contributed by atoms with Gasteiger partial charge in [0.15, 0.2) is 0 Å². The molecule has 2 heterocycles. The molecular weight excluding hydrogens is 468 g/mol. The number of fused-ring (bicyclic) bond motifs is 1. The fourth-order valence-corrected chi connectivity index (χ4v) is 5.95. The lowest BCUT2D eigenvalue weighted by molar-refractivity contribution is 0.135. The monoisotopic (exact) mass is 492 g/mol. The van der Waals surface area contributed by atoms with Crippen LogP contribution in [0.3, 0.4) is 0 Å². The fourth-order valence-electron chi connectivity index (χ4n) is 4.07. The highest BCUT2D eigenvalue weighted by Gasteiger charge is 2.37. The van der Waals surface area contributed by atoms with E-state index in [4.69, 9.17) is 4.74 Å². The molecule has 2 aliphatic heterocycles. The van der Waals surface area contributed by atoms with Crippen LogP contribution in [-0.2, 0) is 21.4 Å². The summed E-state index contributed by atoms with van der Waals surface area (Å²) in [6.45, 7) is 5.15.